The second kappa shape index (κ2) is 6.54. The number of piperidine rings is 1. The minimum Gasteiger partial charge on any atom is -0.508 e. The summed E-state index contributed by atoms with van der Waals surface area (Å²) < 4.78 is 0. The van der Waals surface area contributed by atoms with Crippen molar-refractivity contribution in [2.24, 2.45) is 22.7 Å². The Morgan fingerprint density at radius 1 is 1.08 bits per heavy atom. The average Bonchev–Trinajstić information content (AvgIpc) is 3.56. The topological polar surface area (TPSA) is 55.8 Å². The van der Waals surface area contributed by atoms with Crippen LogP contribution in [0.25, 0.3) is 0 Å². The van der Waals surface area contributed by atoms with Gasteiger partial charge in [-0.1, -0.05) is 36.4 Å². The van der Waals surface area contributed by atoms with Gasteiger partial charge in [-0.25, -0.2) is 0 Å². The van der Waals surface area contributed by atoms with Gasteiger partial charge in [0.05, 0.1) is 0 Å². The molecule has 0 aromatic heterocycles. The third-order valence-electron chi connectivity index (χ3n) is 12.1. The summed E-state index contributed by atoms with van der Waals surface area (Å²) in [5, 5.41) is 14.4. The first-order valence-corrected chi connectivity index (χ1v) is 14.2. The van der Waals surface area contributed by atoms with Crippen LogP contribution in [0.4, 0.5) is 0 Å². The van der Waals surface area contributed by atoms with Gasteiger partial charge < -0.3 is 15.3 Å². The van der Waals surface area contributed by atoms with Crippen LogP contribution in [0.15, 0.2) is 48.5 Å². The zero-order chi connectivity index (χ0) is 23.9. The molecule has 2 aromatic carbocycles. The molecule has 2 aromatic rings. The van der Waals surface area contributed by atoms with E-state index in [0.29, 0.717) is 35.7 Å². The minimum absolute atomic E-state index is 0.0625. The maximum atomic E-state index is 14.1. The molecule has 2 bridgehead atoms. The van der Waals surface area contributed by atoms with Crippen LogP contribution in [-0.2, 0) is 23.2 Å². The maximum absolute atomic E-state index is 14.1. The van der Waals surface area contributed by atoms with Gasteiger partial charge in [0, 0.05) is 60.4 Å². The quantitative estimate of drug-likeness (QED) is 0.703. The number of hydrogen-bond donors (Lipinski definition) is 2. The third kappa shape index (κ3) is 2.04. The smallest absolute Gasteiger partial charge is 0.226 e. The lowest BCUT2D eigenvalue weighted by atomic mass is 9.27. The Morgan fingerprint density at radius 3 is 2.81 bits per heavy atom. The van der Waals surface area contributed by atoms with Crippen molar-refractivity contribution in [2.45, 2.75) is 68.6 Å². The number of phenols is 1. The number of rotatable bonds is 4. The Labute approximate surface area is 212 Å². The highest BCUT2D eigenvalue weighted by Crippen LogP contribution is 2.90. The summed E-state index contributed by atoms with van der Waals surface area (Å²) in [7, 11) is 0. The molecule has 2 N–H and O–H groups in total. The van der Waals surface area contributed by atoms with E-state index in [0.717, 1.165) is 38.9 Å². The van der Waals surface area contributed by atoms with E-state index in [2.05, 4.69) is 57.6 Å². The zero-order valence-corrected chi connectivity index (χ0v) is 20.8. The van der Waals surface area contributed by atoms with Gasteiger partial charge >= 0.3 is 0 Å². The second-order valence-electron chi connectivity index (χ2n) is 13.2. The number of phenolic OH excluding ortho intramolecular Hbond substituents is 1. The Kier molecular flexibility index (Phi) is 3.76. The minimum atomic E-state index is 0.0625. The summed E-state index contributed by atoms with van der Waals surface area (Å²) in [6.07, 6.45) is 7.13. The molecule has 4 aliphatic carbocycles. The first-order chi connectivity index (χ1) is 17.6. The average molecular weight is 482 g/mol. The van der Waals surface area contributed by atoms with Crippen molar-refractivity contribution >= 4 is 5.91 Å². The number of aromatic hydroxyl groups is 1. The fourth-order valence-electron chi connectivity index (χ4n) is 11.7. The molecule has 7 aliphatic rings. The van der Waals surface area contributed by atoms with Gasteiger partial charge in [0.25, 0.3) is 0 Å². The molecule has 2 spiro atoms. The lowest BCUT2D eigenvalue weighted by Gasteiger charge is -2.84. The molecule has 9 rings (SSSR count). The Morgan fingerprint density at radius 2 is 1.97 bits per heavy atom. The van der Waals surface area contributed by atoms with E-state index in [-0.39, 0.29) is 22.2 Å². The standard InChI is InChI=1S/C31H35N3O2/c35-22-9-8-20-14-30-18-33(17-21-7-4-12-32-21)28(30)29-11-10-25-26(31(29,30)24(20)13-22)23(15-29)27(36)34(25)16-19-5-2-1-3-6-19/h1-3,5-6,8-9,13,21,23,25-26,28,32,35H,4,7,10-12,14-18H2/t21-,23-,25?,26?,28?,29?,30?,31?/m0/s1. The lowest BCUT2D eigenvalue weighted by Crippen LogP contribution is -2.91. The number of hydrogen-bond acceptors (Lipinski definition) is 4. The van der Waals surface area contributed by atoms with Crippen LogP contribution in [-0.4, -0.2) is 58.6 Å². The van der Waals surface area contributed by atoms with Gasteiger partial charge in [-0.2, -0.15) is 0 Å². The summed E-state index contributed by atoms with van der Waals surface area (Å²) in [5.74, 6) is 1.34. The second-order valence-corrected chi connectivity index (χ2v) is 13.2. The molecule has 186 valence electrons. The molecule has 6 fully saturated rings. The van der Waals surface area contributed by atoms with Crippen LogP contribution >= 0.6 is 0 Å². The molecule has 0 radical (unpaired) electrons. The maximum Gasteiger partial charge on any atom is 0.226 e. The van der Waals surface area contributed by atoms with Gasteiger partial charge in [-0.15, -0.1) is 0 Å². The number of nitrogens with zero attached hydrogens (tertiary/aromatic N) is 2. The van der Waals surface area contributed by atoms with E-state index in [4.69, 9.17) is 0 Å². The number of amides is 1. The number of likely N-dealkylation sites (tertiary alicyclic amines) is 2. The van der Waals surface area contributed by atoms with Gasteiger partial charge in [0.2, 0.25) is 5.91 Å². The molecule has 8 atom stereocenters. The van der Waals surface area contributed by atoms with E-state index in [1.807, 2.05) is 6.07 Å². The van der Waals surface area contributed by atoms with Gasteiger partial charge in [-0.05, 0) is 79.3 Å². The van der Waals surface area contributed by atoms with Crippen molar-refractivity contribution < 1.29 is 9.90 Å². The molecule has 5 nitrogen and oxygen atoms in total. The van der Waals surface area contributed by atoms with Crippen LogP contribution < -0.4 is 5.32 Å². The summed E-state index contributed by atoms with van der Waals surface area (Å²) in [5.41, 5.74) is 4.63. The van der Waals surface area contributed by atoms with Crippen molar-refractivity contribution in [3.05, 3.63) is 65.2 Å². The Balaban J connectivity index is 1.16. The van der Waals surface area contributed by atoms with Crippen LogP contribution in [0.2, 0.25) is 0 Å². The molecule has 3 heterocycles. The highest BCUT2D eigenvalue weighted by atomic mass is 16.3. The number of fused-ring (bicyclic) bond motifs is 1. The molecule has 5 heteroatoms. The van der Waals surface area contributed by atoms with Crippen LogP contribution in [0.3, 0.4) is 0 Å². The van der Waals surface area contributed by atoms with Crippen LogP contribution in [0.1, 0.15) is 48.8 Å². The SMILES string of the molecule is O=C1[C@H]2CC34CCC(C2C32c3cc(O)ccc3CC23CN(C[C@@H]2CCCN2)C43)N1Cc1ccccc1. The highest BCUT2D eigenvalue weighted by molar-refractivity contribution is 5.85. The Bertz CT molecular complexity index is 1290. The first-order valence-electron chi connectivity index (χ1n) is 14.2. The number of carbonyl (C=O) groups excluding carboxylic acids is 1. The predicted octanol–water partition coefficient (Wildman–Crippen LogP) is 3.45. The summed E-state index contributed by atoms with van der Waals surface area (Å²) in [4.78, 5) is 19.2. The summed E-state index contributed by atoms with van der Waals surface area (Å²) in [6, 6.07) is 18.3. The molecule has 3 saturated carbocycles. The Hall–Kier alpha value is -2.37. The molecule has 3 saturated heterocycles. The van der Waals surface area contributed by atoms with Crippen molar-refractivity contribution in [1.82, 2.24) is 15.1 Å². The van der Waals surface area contributed by atoms with Crippen molar-refractivity contribution in [1.29, 1.82) is 0 Å². The van der Waals surface area contributed by atoms with Crippen LogP contribution in [0.5, 0.6) is 5.75 Å². The molecular formula is C31H35N3O2. The van der Waals surface area contributed by atoms with E-state index in [1.165, 1.54) is 42.5 Å². The van der Waals surface area contributed by atoms with Crippen molar-refractivity contribution in [3.8, 4) is 5.75 Å². The number of carbonyl (C=O) groups is 1. The fraction of sp³-hybridized carbons (Fsp3) is 0.581. The fourth-order valence-corrected chi connectivity index (χ4v) is 11.7. The molecular weight excluding hydrogens is 446 g/mol. The van der Waals surface area contributed by atoms with E-state index in [9.17, 15) is 9.90 Å². The van der Waals surface area contributed by atoms with Gasteiger partial charge in [-0.3, -0.25) is 9.69 Å². The van der Waals surface area contributed by atoms with E-state index >= 15 is 0 Å². The van der Waals surface area contributed by atoms with Crippen LogP contribution in [0, 0.1) is 22.7 Å². The molecule has 36 heavy (non-hydrogen) atoms. The third-order valence-corrected chi connectivity index (χ3v) is 12.1. The molecule has 3 aliphatic heterocycles. The van der Waals surface area contributed by atoms with E-state index < -0.39 is 0 Å². The lowest BCUT2D eigenvalue weighted by molar-refractivity contribution is -0.323. The highest BCUT2D eigenvalue weighted by Gasteiger charge is 2.94. The summed E-state index contributed by atoms with van der Waals surface area (Å²) in [6.45, 7) is 4.23. The van der Waals surface area contributed by atoms with Gasteiger partial charge in [0.1, 0.15) is 5.75 Å². The normalized spacial score (nSPS) is 45.1. The monoisotopic (exact) mass is 481 g/mol. The molecule has 1 amide bonds. The number of benzene rings is 2. The zero-order valence-electron chi connectivity index (χ0n) is 20.8. The van der Waals surface area contributed by atoms with Crippen molar-refractivity contribution in [3.63, 3.8) is 0 Å². The van der Waals surface area contributed by atoms with Gasteiger partial charge in [0.15, 0.2) is 0 Å². The van der Waals surface area contributed by atoms with E-state index in [1.54, 1.807) is 0 Å². The largest absolute Gasteiger partial charge is 0.508 e. The summed E-state index contributed by atoms with van der Waals surface area (Å²) >= 11 is 0. The van der Waals surface area contributed by atoms with Crippen molar-refractivity contribution in [2.75, 3.05) is 19.6 Å². The number of nitrogens with one attached hydrogen (secondary N) is 1. The molecule has 6 unspecified atom stereocenters. The predicted molar refractivity (Wildman–Crippen MR) is 136 cm³/mol. The first kappa shape index (κ1) is 20.7.